The molecule has 0 radical (unpaired) electrons. The van der Waals surface area contributed by atoms with Gasteiger partial charge in [-0.3, -0.25) is 4.79 Å². The number of carbonyl (C=O) groups excluding carboxylic acids is 1. The van der Waals surface area contributed by atoms with Gasteiger partial charge in [0.15, 0.2) is 0 Å². The summed E-state index contributed by atoms with van der Waals surface area (Å²) >= 11 is 0. The fourth-order valence-corrected chi connectivity index (χ4v) is 3.36. The highest BCUT2D eigenvalue weighted by Crippen LogP contribution is 2.20. The smallest absolute Gasteiger partial charge is 0.223 e. The Morgan fingerprint density at radius 1 is 1.04 bits per heavy atom. The minimum absolute atomic E-state index is 0.251. The van der Waals surface area contributed by atoms with Gasteiger partial charge in [0.05, 0.1) is 7.11 Å². The van der Waals surface area contributed by atoms with Crippen LogP contribution in [0.4, 0.5) is 5.69 Å². The van der Waals surface area contributed by atoms with Crippen LogP contribution in [0.2, 0.25) is 0 Å². The van der Waals surface area contributed by atoms with Gasteiger partial charge in [0.25, 0.3) is 0 Å². The summed E-state index contributed by atoms with van der Waals surface area (Å²) in [6, 6.07) is 16.5. The fourth-order valence-electron chi connectivity index (χ4n) is 3.36. The lowest BCUT2D eigenvalue weighted by Crippen LogP contribution is -2.48. The number of rotatable bonds is 5. The van der Waals surface area contributed by atoms with Crippen LogP contribution in [0.15, 0.2) is 48.5 Å². The molecule has 25 heavy (non-hydrogen) atoms. The number of piperazine rings is 1. The largest absolute Gasteiger partial charge is 0.496 e. The molecule has 4 heteroatoms. The molecule has 3 rings (SSSR count). The molecule has 0 unspecified atom stereocenters. The van der Waals surface area contributed by atoms with E-state index >= 15 is 0 Å². The average molecular weight is 338 g/mol. The van der Waals surface area contributed by atoms with E-state index in [1.165, 1.54) is 11.3 Å². The zero-order valence-corrected chi connectivity index (χ0v) is 15.1. The van der Waals surface area contributed by atoms with E-state index < -0.39 is 0 Å². The van der Waals surface area contributed by atoms with Gasteiger partial charge in [-0.2, -0.15) is 0 Å². The molecule has 132 valence electrons. The summed E-state index contributed by atoms with van der Waals surface area (Å²) in [6.07, 6.45) is 1.35. The number of carbonyl (C=O) groups is 1. The highest BCUT2D eigenvalue weighted by atomic mass is 16.5. The van der Waals surface area contributed by atoms with Crippen LogP contribution in [-0.4, -0.2) is 44.1 Å². The number of para-hydroxylation sites is 1. The number of ether oxygens (including phenoxy) is 1. The van der Waals surface area contributed by atoms with Crippen molar-refractivity contribution >= 4 is 11.6 Å². The molecule has 0 N–H and O–H groups in total. The van der Waals surface area contributed by atoms with Crippen LogP contribution < -0.4 is 9.64 Å². The van der Waals surface area contributed by atoms with Gasteiger partial charge in [-0.1, -0.05) is 30.3 Å². The first-order valence-corrected chi connectivity index (χ1v) is 8.88. The fraction of sp³-hybridized carbons (Fsp3) is 0.381. The number of hydrogen-bond acceptors (Lipinski definition) is 3. The number of methoxy groups -OCH3 is 1. The minimum atomic E-state index is 0.251. The topological polar surface area (TPSA) is 32.8 Å². The molecule has 1 aliphatic rings. The van der Waals surface area contributed by atoms with Gasteiger partial charge >= 0.3 is 0 Å². The summed E-state index contributed by atoms with van der Waals surface area (Å²) in [5.74, 6) is 1.15. The summed E-state index contributed by atoms with van der Waals surface area (Å²) in [6.45, 7) is 5.44. The SMILES string of the molecule is COc1ccc(CCC(=O)N2CCN(c3ccccc3)CC2)cc1C. The Labute approximate surface area is 150 Å². The average Bonchev–Trinajstić information content (AvgIpc) is 2.67. The monoisotopic (exact) mass is 338 g/mol. The van der Waals surface area contributed by atoms with Crippen molar-refractivity contribution in [2.45, 2.75) is 19.8 Å². The summed E-state index contributed by atoms with van der Waals surface area (Å²) in [5.41, 5.74) is 3.54. The van der Waals surface area contributed by atoms with Gasteiger partial charge in [-0.15, -0.1) is 0 Å². The van der Waals surface area contributed by atoms with Crippen LogP contribution in [0.3, 0.4) is 0 Å². The molecule has 4 nitrogen and oxygen atoms in total. The molecule has 0 aromatic heterocycles. The van der Waals surface area contributed by atoms with E-state index in [2.05, 4.69) is 35.2 Å². The first kappa shape index (κ1) is 17.3. The summed E-state index contributed by atoms with van der Waals surface area (Å²) in [4.78, 5) is 16.8. The van der Waals surface area contributed by atoms with Crippen LogP contribution in [0.1, 0.15) is 17.5 Å². The van der Waals surface area contributed by atoms with Gasteiger partial charge in [-0.25, -0.2) is 0 Å². The minimum Gasteiger partial charge on any atom is -0.496 e. The number of aryl methyl sites for hydroxylation is 2. The van der Waals surface area contributed by atoms with E-state index in [1.807, 2.05) is 30.0 Å². The maximum absolute atomic E-state index is 12.5. The molecule has 0 bridgehead atoms. The Balaban J connectivity index is 1.49. The molecule has 2 aromatic carbocycles. The second kappa shape index (κ2) is 8.06. The molecule has 1 heterocycles. The third-order valence-electron chi connectivity index (χ3n) is 4.84. The van der Waals surface area contributed by atoms with Crippen LogP contribution in [-0.2, 0) is 11.2 Å². The lowest BCUT2D eigenvalue weighted by atomic mass is 10.1. The highest BCUT2D eigenvalue weighted by molar-refractivity contribution is 5.76. The second-order valence-electron chi connectivity index (χ2n) is 6.51. The van der Waals surface area contributed by atoms with Crippen LogP contribution in [0, 0.1) is 6.92 Å². The number of benzene rings is 2. The van der Waals surface area contributed by atoms with Crippen LogP contribution in [0.25, 0.3) is 0 Å². The normalized spacial score (nSPS) is 14.5. The summed E-state index contributed by atoms with van der Waals surface area (Å²) in [7, 11) is 1.68. The Morgan fingerprint density at radius 3 is 2.40 bits per heavy atom. The second-order valence-corrected chi connectivity index (χ2v) is 6.51. The Hall–Kier alpha value is -2.49. The Kier molecular flexibility index (Phi) is 5.59. The molecule has 1 saturated heterocycles. The molecule has 1 fully saturated rings. The van der Waals surface area contributed by atoms with Crippen molar-refractivity contribution in [1.82, 2.24) is 4.90 Å². The van der Waals surface area contributed by atoms with E-state index in [0.29, 0.717) is 6.42 Å². The molecule has 0 spiro atoms. The van der Waals surface area contributed by atoms with Gasteiger partial charge in [-0.05, 0) is 42.7 Å². The van der Waals surface area contributed by atoms with Crippen molar-refractivity contribution in [3.8, 4) is 5.75 Å². The molecular formula is C21H26N2O2. The molecule has 0 aliphatic carbocycles. The molecule has 0 saturated carbocycles. The van der Waals surface area contributed by atoms with Gasteiger partial charge in [0.1, 0.15) is 5.75 Å². The van der Waals surface area contributed by atoms with Gasteiger partial charge in [0.2, 0.25) is 5.91 Å². The summed E-state index contributed by atoms with van der Waals surface area (Å²) in [5, 5.41) is 0. The lowest BCUT2D eigenvalue weighted by molar-refractivity contribution is -0.131. The Morgan fingerprint density at radius 2 is 1.76 bits per heavy atom. The zero-order chi connectivity index (χ0) is 17.6. The standard InChI is InChI=1S/C21H26N2O2/c1-17-16-18(8-10-20(17)25-2)9-11-21(24)23-14-12-22(13-15-23)19-6-4-3-5-7-19/h3-8,10,16H,9,11-15H2,1-2H3. The molecule has 2 aromatic rings. The summed E-state index contributed by atoms with van der Waals surface area (Å²) < 4.78 is 5.29. The Bertz CT molecular complexity index is 707. The zero-order valence-electron chi connectivity index (χ0n) is 15.1. The first-order chi connectivity index (χ1) is 12.2. The highest BCUT2D eigenvalue weighted by Gasteiger charge is 2.20. The van der Waals surface area contributed by atoms with Crippen molar-refractivity contribution in [3.05, 3.63) is 59.7 Å². The van der Waals surface area contributed by atoms with Crippen molar-refractivity contribution in [1.29, 1.82) is 0 Å². The molecule has 0 atom stereocenters. The van der Waals surface area contributed by atoms with Gasteiger partial charge in [0, 0.05) is 38.3 Å². The van der Waals surface area contributed by atoms with E-state index in [4.69, 9.17) is 4.74 Å². The molecular weight excluding hydrogens is 312 g/mol. The van der Waals surface area contributed by atoms with Crippen molar-refractivity contribution in [2.75, 3.05) is 38.2 Å². The first-order valence-electron chi connectivity index (χ1n) is 8.88. The number of nitrogens with zero attached hydrogens (tertiary/aromatic N) is 2. The van der Waals surface area contributed by atoms with Crippen molar-refractivity contribution in [3.63, 3.8) is 0 Å². The third kappa shape index (κ3) is 4.32. The predicted molar refractivity (Wildman–Crippen MR) is 101 cm³/mol. The van der Waals surface area contributed by atoms with Gasteiger partial charge < -0.3 is 14.5 Å². The van der Waals surface area contributed by atoms with E-state index in [0.717, 1.165) is 43.9 Å². The maximum atomic E-state index is 12.5. The lowest BCUT2D eigenvalue weighted by Gasteiger charge is -2.36. The predicted octanol–water partition coefficient (Wildman–Crippen LogP) is 3.29. The maximum Gasteiger partial charge on any atom is 0.223 e. The third-order valence-corrected chi connectivity index (χ3v) is 4.84. The van der Waals surface area contributed by atoms with Crippen LogP contribution >= 0.6 is 0 Å². The van der Waals surface area contributed by atoms with E-state index in [1.54, 1.807) is 7.11 Å². The van der Waals surface area contributed by atoms with Crippen LogP contribution in [0.5, 0.6) is 5.75 Å². The van der Waals surface area contributed by atoms with Crippen molar-refractivity contribution < 1.29 is 9.53 Å². The van der Waals surface area contributed by atoms with E-state index in [-0.39, 0.29) is 5.91 Å². The quantitative estimate of drug-likeness (QED) is 0.839. The van der Waals surface area contributed by atoms with E-state index in [9.17, 15) is 4.79 Å². The molecule has 1 amide bonds. The number of amides is 1. The molecule has 1 aliphatic heterocycles. The number of anilines is 1. The van der Waals surface area contributed by atoms with Crippen molar-refractivity contribution in [2.24, 2.45) is 0 Å². The number of hydrogen-bond donors (Lipinski definition) is 0.